The molecule has 0 aliphatic heterocycles. The predicted molar refractivity (Wildman–Crippen MR) is 56.6 cm³/mol. The van der Waals surface area contributed by atoms with Gasteiger partial charge in [-0.2, -0.15) is 0 Å². The maximum atomic E-state index is 12.5. The van der Waals surface area contributed by atoms with Crippen LogP contribution in [-0.4, -0.2) is 23.2 Å². The predicted octanol–water partition coefficient (Wildman–Crippen LogP) is 2.39. The SMILES string of the molecule is COc1cc(C(F)F)nc(CC(=O)O)c1CCl. The van der Waals surface area contributed by atoms with Gasteiger partial charge in [0, 0.05) is 11.6 Å². The summed E-state index contributed by atoms with van der Waals surface area (Å²) in [6.07, 6.45) is -3.26. The monoisotopic (exact) mass is 265 g/mol. The molecule has 17 heavy (non-hydrogen) atoms. The van der Waals surface area contributed by atoms with Crippen LogP contribution in [-0.2, 0) is 17.1 Å². The van der Waals surface area contributed by atoms with E-state index in [-0.39, 0.29) is 17.3 Å². The number of hydrogen-bond acceptors (Lipinski definition) is 3. The lowest BCUT2D eigenvalue weighted by molar-refractivity contribution is -0.136. The molecule has 1 N–H and O–H groups in total. The average Bonchev–Trinajstić information content (AvgIpc) is 2.26. The fourth-order valence-electron chi connectivity index (χ4n) is 1.35. The summed E-state index contributed by atoms with van der Waals surface area (Å²) in [4.78, 5) is 14.2. The fourth-order valence-corrected chi connectivity index (χ4v) is 1.63. The maximum Gasteiger partial charge on any atom is 0.309 e. The Bertz CT molecular complexity index is 426. The van der Waals surface area contributed by atoms with E-state index in [1.54, 1.807) is 0 Å². The van der Waals surface area contributed by atoms with Gasteiger partial charge >= 0.3 is 5.97 Å². The highest BCUT2D eigenvalue weighted by Gasteiger charge is 2.19. The van der Waals surface area contributed by atoms with Crippen molar-refractivity contribution in [3.05, 3.63) is 23.0 Å². The van der Waals surface area contributed by atoms with Gasteiger partial charge in [0.05, 0.1) is 25.1 Å². The number of pyridine rings is 1. The van der Waals surface area contributed by atoms with E-state index in [4.69, 9.17) is 21.4 Å². The highest BCUT2D eigenvalue weighted by molar-refractivity contribution is 6.17. The van der Waals surface area contributed by atoms with Crippen LogP contribution in [0.5, 0.6) is 5.75 Å². The topological polar surface area (TPSA) is 59.4 Å². The first kappa shape index (κ1) is 13.6. The maximum absolute atomic E-state index is 12.5. The molecule has 1 heterocycles. The van der Waals surface area contributed by atoms with Gasteiger partial charge in [0.25, 0.3) is 6.43 Å². The first-order chi connectivity index (χ1) is 7.99. The van der Waals surface area contributed by atoms with Crippen molar-refractivity contribution in [3.8, 4) is 5.75 Å². The average molecular weight is 266 g/mol. The first-order valence-corrected chi connectivity index (χ1v) is 5.15. The standard InChI is InChI=1S/C10H10ClF2NO3/c1-17-8-2-7(10(12)13)14-6(3-9(15)16)5(8)4-11/h2,10H,3-4H2,1H3,(H,15,16). The van der Waals surface area contributed by atoms with Crippen LogP contribution in [0.3, 0.4) is 0 Å². The zero-order chi connectivity index (χ0) is 13.0. The molecule has 0 amide bonds. The quantitative estimate of drug-likeness (QED) is 0.831. The van der Waals surface area contributed by atoms with E-state index in [2.05, 4.69) is 4.98 Å². The molecule has 0 bridgehead atoms. The number of methoxy groups -OCH3 is 1. The zero-order valence-corrected chi connectivity index (χ0v) is 9.67. The van der Waals surface area contributed by atoms with E-state index in [0.29, 0.717) is 5.56 Å². The Morgan fingerprint density at radius 2 is 2.29 bits per heavy atom. The van der Waals surface area contributed by atoms with Crippen LogP contribution in [0.1, 0.15) is 23.4 Å². The number of aliphatic carboxylic acids is 1. The fraction of sp³-hybridized carbons (Fsp3) is 0.400. The minimum Gasteiger partial charge on any atom is -0.496 e. The Balaban J connectivity index is 3.31. The van der Waals surface area contributed by atoms with Crippen LogP contribution in [0.25, 0.3) is 0 Å². The van der Waals surface area contributed by atoms with Gasteiger partial charge in [-0.05, 0) is 0 Å². The molecule has 0 saturated carbocycles. The largest absolute Gasteiger partial charge is 0.496 e. The third-order valence-electron chi connectivity index (χ3n) is 2.08. The smallest absolute Gasteiger partial charge is 0.309 e. The summed E-state index contributed by atoms with van der Waals surface area (Å²) >= 11 is 5.63. The lowest BCUT2D eigenvalue weighted by atomic mass is 10.1. The van der Waals surface area contributed by atoms with Crippen molar-refractivity contribution in [2.24, 2.45) is 0 Å². The van der Waals surface area contributed by atoms with Gasteiger partial charge in [-0.25, -0.2) is 8.78 Å². The van der Waals surface area contributed by atoms with E-state index in [0.717, 1.165) is 6.07 Å². The summed E-state index contributed by atoms with van der Waals surface area (Å²) in [7, 11) is 1.30. The van der Waals surface area contributed by atoms with Gasteiger partial charge in [-0.3, -0.25) is 9.78 Å². The highest BCUT2D eigenvalue weighted by atomic mass is 35.5. The van der Waals surface area contributed by atoms with Gasteiger partial charge in [-0.15, -0.1) is 11.6 Å². The van der Waals surface area contributed by atoms with Crippen molar-refractivity contribution in [1.82, 2.24) is 4.98 Å². The molecular formula is C10H10ClF2NO3. The molecule has 1 rings (SSSR count). The molecule has 7 heteroatoms. The van der Waals surface area contributed by atoms with Crippen molar-refractivity contribution in [2.45, 2.75) is 18.7 Å². The Hall–Kier alpha value is -1.43. The van der Waals surface area contributed by atoms with Crippen LogP contribution in [0.2, 0.25) is 0 Å². The molecule has 1 aromatic rings. The molecule has 0 aromatic carbocycles. The molecule has 94 valence electrons. The number of halogens is 3. The van der Waals surface area contributed by atoms with Crippen LogP contribution >= 0.6 is 11.6 Å². The third kappa shape index (κ3) is 3.26. The zero-order valence-electron chi connectivity index (χ0n) is 8.91. The van der Waals surface area contributed by atoms with Gasteiger partial charge in [0.1, 0.15) is 11.4 Å². The Morgan fingerprint density at radius 3 is 2.71 bits per heavy atom. The summed E-state index contributed by atoms with van der Waals surface area (Å²) in [6, 6.07) is 1.06. The number of alkyl halides is 3. The van der Waals surface area contributed by atoms with E-state index in [9.17, 15) is 13.6 Å². The second-order valence-electron chi connectivity index (χ2n) is 3.18. The van der Waals surface area contributed by atoms with Gasteiger partial charge in [0.15, 0.2) is 0 Å². The van der Waals surface area contributed by atoms with Crippen molar-refractivity contribution in [3.63, 3.8) is 0 Å². The summed E-state index contributed by atoms with van der Waals surface area (Å²) in [6.45, 7) is 0. The second kappa shape index (κ2) is 5.77. The van der Waals surface area contributed by atoms with Gasteiger partial charge in [-0.1, -0.05) is 0 Å². The number of hydrogen-bond donors (Lipinski definition) is 1. The summed E-state index contributed by atoms with van der Waals surface area (Å²) in [5.41, 5.74) is -0.199. The summed E-state index contributed by atoms with van der Waals surface area (Å²) in [5.74, 6) is -1.10. The number of carbonyl (C=O) groups is 1. The molecule has 0 fully saturated rings. The van der Waals surface area contributed by atoms with Gasteiger partial charge < -0.3 is 9.84 Å². The molecule has 0 atom stereocenters. The molecule has 0 aliphatic rings. The number of carboxylic acid groups (broad SMARTS) is 1. The van der Waals surface area contributed by atoms with Crippen LogP contribution in [0, 0.1) is 0 Å². The number of ether oxygens (including phenoxy) is 1. The van der Waals surface area contributed by atoms with Gasteiger partial charge in [0.2, 0.25) is 0 Å². The van der Waals surface area contributed by atoms with Crippen LogP contribution < -0.4 is 4.74 Å². The molecule has 0 spiro atoms. The highest BCUT2D eigenvalue weighted by Crippen LogP contribution is 2.28. The Kier molecular flexibility index (Phi) is 4.62. The van der Waals surface area contributed by atoms with Crippen molar-refractivity contribution >= 4 is 17.6 Å². The summed E-state index contributed by atoms with van der Waals surface area (Å²) in [5, 5.41) is 8.67. The molecule has 0 aliphatic carbocycles. The molecule has 0 radical (unpaired) electrons. The number of aromatic nitrogens is 1. The molecule has 0 saturated heterocycles. The Morgan fingerprint density at radius 1 is 1.65 bits per heavy atom. The molecule has 4 nitrogen and oxygen atoms in total. The number of rotatable bonds is 5. The molecule has 1 aromatic heterocycles. The third-order valence-corrected chi connectivity index (χ3v) is 2.35. The lowest BCUT2D eigenvalue weighted by Crippen LogP contribution is -2.09. The number of carboxylic acids is 1. The van der Waals surface area contributed by atoms with Crippen molar-refractivity contribution < 1.29 is 23.4 Å². The second-order valence-corrected chi connectivity index (χ2v) is 3.45. The van der Waals surface area contributed by atoms with E-state index < -0.39 is 24.5 Å². The molecular weight excluding hydrogens is 256 g/mol. The van der Waals surface area contributed by atoms with E-state index in [1.807, 2.05) is 0 Å². The normalized spacial score (nSPS) is 10.6. The Labute approximate surface area is 101 Å². The minimum absolute atomic E-state index is 0.00199. The lowest BCUT2D eigenvalue weighted by Gasteiger charge is -2.12. The summed E-state index contributed by atoms with van der Waals surface area (Å²) < 4.78 is 30.0. The molecule has 0 unspecified atom stereocenters. The van der Waals surface area contributed by atoms with Crippen LogP contribution in [0.15, 0.2) is 6.07 Å². The van der Waals surface area contributed by atoms with Crippen LogP contribution in [0.4, 0.5) is 8.78 Å². The van der Waals surface area contributed by atoms with Crippen molar-refractivity contribution in [2.75, 3.05) is 7.11 Å². The van der Waals surface area contributed by atoms with Crippen molar-refractivity contribution in [1.29, 1.82) is 0 Å². The number of nitrogens with zero attached hydrogens (tertiary/aromatic N) is 1. The first-order valence-electron chi connectivity index (χ1n) is 4.62. The van der Waals surface area contributed by atoms with E-state index in [1.165, 1.54) is 7.11 Å². The minimum atomic E-state index is -2.79. The van der Waals surface area contributed by atoms with E-state index >= 15 is 0 Å².